The summed E-state index contributed by atoms with van der Waals surface area (Å²) >= 11 is 0. The van der Waals surface area contributed by atoms with Crippen molar-refractivity contribution in [2.45, 2.75) is 19.9 Å². The lowest BCUT2D eigenvalue weighted by Gasteiger charge is -2.16. The number of hydrogen-bond acceptors (Lipinski definition) is 2. The number of hydrogen-bond donors (Lipinski definition) is 3. The first-order valence-corrected chi connectivity index (χ1v) is 7.51. The van der Waals surface area contributed by atoms with Crippen LogP contribution < -0.4 is 16.0 Å². The van der Waals surface area contributed by atoms with Crippen molar-refractivity contribution in [1.29, 1.82) is 0 Å². The summed E-state index contributed by atoms with van der Waals surface area (Å²) in [4.78, 5) is 23.7. The predicted molar refractivity (Wildman–Crippen MR) is 91.2 cm³/mol. The monoisotopic (exact) mass is 311 g/mol. The average Bonchev–Trinajstić information content (AvgIpc) is 2.54. The first-order valence-electron chi connectivity index (χ1n) is 7.51. The Morgan fingerprint density at radius 3 is 2.35 bits per heavy atom. The molecule has 5 nitrogen and oxygen atoms in total. The van der Waals surface area contributed by atoms with E-state index in [9.17, 15) is 9.59 Å². The zero-order chi connectivity index (χ0) is 16.7. The third-order valence-electron chi connectivity index (χ3n) is 3.47. The molecule has 120 valence electrons. The summed E-state index contributed by atoms with van der Waals surface area (Å²) in [6.07, 6.45) is 0. The molecule has 0 aromatic heterocycles. The fraction of sp³-hybridized carbons (Fsp3) is 0.222. The van der Waals surface area contributed by atoms with Gasteiger partial charge in [-0.05, 0) is 37.1 Å². The van der Waals surface area contributed by atoms with E-state index in [1.165, 1.54) is 0 Å². The second-order valence-corrected chi connectivity index (χ2v) is 5.32. The van der Waals surface area contributed by atoms with E-state index in [-0.39, 0.29) is 18.5 Å². The van der Waals surface area contributed by atoms with Crippen LogP contribution >= 0.6 is 0 Å². The van der Waals surface area contributed by atoms with E-state index < -0.39 is 6.03 Å². The number of urea groups is 1. The number of benzene rings is 2. The highest BCUT2D eigenvalue weighted by atomic mass is 16.2. The van der Waals surface area contributed by atoms with Crippen molar-refractivity contribution in [1.82, 2.24) is 10.6 Å². The van der Waals surface area contributed by atoms with Crippen molar-refractivity contribution >= 4 is 17.6 Å². The highest BCUT2D eigenvalue weighted by Gasteiger charge is 2.12. The Morgan fingerprint density at radius 2 is 1.65 bits per heavy atom. The van der Waals surface area contributed by atoms with Gasteiger partial charge in [0, 0.05) is 5.69 Å². The van der Waals surface area contributed by atoms with Crippen LogP contribution in [0.2, 0.25) is 0 Å². The van der Waals surface area contributed by atoms with Crippen LogP contribution in [0.15, 0.2) is 54.6 Å². The topological polar surface area (TPSA) is 70.2 Å². The lowest BCUT2D eigenvalue weighted by Crippen LogP contribution is -2.39. The summed E-state index contributed by atoms with van der Waals surface area (Å²) < 4.78 is 0. The molecule has 5 heteroatoms. The third-order valence-corrected chi connectivity index (χ3v) is 3.47. The molecule has 0 aliphatic rings. The minimum atomic E-state index is -0.408. The molecule has 1 unspecified atom stereocenters. The summed E-state index contributed by atoms with van der Waals surface area (Å²) in [5, 5.41) is 8.08. The lowest BCUT2D eigenvalue weighted by atomic mass is 10.0. The Kier molecular flexibility index (Phi) is 5.74. The van der Waals surface area contributed by atoms with Gasteiger partial charge in [0.25, 0.3) is 0 Å². The van der Waals surface area contributed by atoms with Crippen molar-refractivity contribution in [3.8, 4) is 0 Å². The molecule has 0 spiro atoms. The summed E-state index contributed by atoms with van der Waals surface area (Å²) in [5.41, 5.74) is 2.86. The van der Waals surface area contributed by atoms with Crippen LogP contribution in [-0.4, -0.2) is 18.5 Å². The second kappa shape index (κ2) is 7.98. The van der Waals surface area contributed by atoms with Crippen molar-refractivity contribution in [2.75, 3.05) is 11.9 Å². The Morgan fingerprint density at radius 1 is 1.00 bits per heavy atom. The van der Waals surface area contributed by atoms with E-state index in [0.29, 0.717) is 5.69 Å². The van der Waals surface area contributed by atoms with Crippen LogP contribution in [0.4, 0.5) is 10.5 Å². The second-order valence-electron chi connectivity index (χ2n) is 5.32. The van der Waals surface area contributed by atoms with Crippen LogP contribution in [0.1, 0.15) is 24.1 Å². The Balaban J connectivity index is 1.79. The van der Waals surface area contributed by atoms with E-state index in [0.717, 1.165) is 11.1 Å². The highest BCUT2D eigenvalue weighted by Crippen LogP contribution is 2.16. The number of carbonyl (C=O) groups excluding carboxylic acids is 2. The van der Waals surface area contributed by atoms with Gasteiger partial charge in [-0.1, -0.05) is 42.5 Å². The standard InChI is InChI=1S/C18H21N3O2/c1-13-8-6-7-11-16(13)14(2)20-17(22)12-19-18(23)21-15-9-4-3-5-10-15/h3-11,14H,12H2,1-2H3,(H,20,22)(H2,19,21,23). The van der Waals surface area contributed by atoms with Gasteiger partial charge in [-0.25, -0.2) is 4.79 Å². The summed E-state index contributed by atoms with van der Waals surface area (Å²) in [7, 11) is 0. The molecule has 0 saturated heterocycles. The maximum absolute atomic E-state index is 11.9. The highest BCUT2D eigenvalue weighted by molar-refractivity contribution is 5.92. The van der Waals surface area contributed by atoms with Gasteiger partial charge in [-0.15, -0.1) is 0 Å². The van der Waals surface area contributed by atoms with Gasteiger partial charge in [0.1, 0.15) is 0 Å². The largest absolute Gasteiger partial charge is 0.348 e. The minimum absolute atomic E-state index is 0.0745. The molecule has 0 fully saturated rings. The van der Waals surface area contributed by atoms with Crippen molar-refractivity contribution in [3.63, 3.8) is 0 Å². The van der Waals surface area contributed by atoms with Crippen LogP contribution in [0.3, 0.4) is 0 Å². The van der Waals surface area contributed by atoms with Crippen LogP contribution in [0, 0.1) is 6.92 Å². The van der Waals surface area contributed by atoms with Gasteiger partial charge >= 0.3 is 6.03 Å². The SMILES string of the molecule is Cc1ccccc1C(C)NC(=O)CNC(=O)Nc1ccccc1. The molecule has 23 heavy (non-hydrogen) atoms. The maximum Gasteiger partial charge on any atom is 0.319 e. The van der Waals surface area contributed by atoms with Gasteiger partial charge in [-0.3, -0.25) is 4.79 Å². The Hall–Kier alpha value is -2.82. The minimum Gasteiger partial charge on any atom is -0.348 e. The fourth-order valence-corrected chi connectivity index (χ4v) is 2.30. The van der Waals surface area contributed by atoms with Crippen LogP contribution in [-0.2, 0) is 4.79 Å². The zero-order valence-corrected chi connectivity index (χ0v) is 13.3. The zero-order valence-electron chi connectivity index (χ0n) is 13.3. The molecule has 0 bridgehead atoms. The average molecular weight is 311 g/mol. The molecule has 1 atom stereocenters. The Labute approximate surface area is 136 Å². The first-order chi connectivity index (χ1) is 11.1. The smallest absolute Gasteiger partial charge is 0.319 e. The number of anilines is 1. The number of nitrogens with one attached hydrogen (secondary N) is 3. The summed E-state index contributed by atoms with van der Waals surface area (Å²) in [6.45, 7) is 3.85. The van der Waals surface area contributed by atoms with E-state index in [4.69, 9.17) is 0 Å². The molecular formula is C18H21N3O2. The molecular weight excluding hydrogens is 290 g/mol. The van der Waals surface area contributed by atoms with Crippen LogP contribution in [0.5, 0.6) is 0 Å². The van der Waals surface area contributed by atoms with Gasteiger partial charge in [0.2, 0.25) is 5.91 Å². The number of rotatable bonds is 5. The fourth-order valence-electron chi connectivity index (χ4n) is 2.30. The van der Waals surface area contributed by atoms with E-state index in [1.54, 1.807) is 12.1 Å². The predicted octanol–water partition coefficient (Wildman–Crippen LogP) is 2.99. The molecule has 2 aromatic rings. The summed E-state index contributed by atoms with van der Waals surface area (Å²) in [6, 6.07) is 16.4. The molecule has 0 aliphatic heterocycles. The quantitative estimate of drug-likeness (QED) is 0.794. The van der Waals surface area contributed by atoms with E-state index in [2.05, 4.69) is 16.0 Å². The number of para-hydroxylation sites is 1. The lowest BCUT2D eigenvalue weighted by molar-refractivity contribution is -0.120. The molecule has 3 N–H and O–H groups in total. The van der Waals surface area contributed by atoms with E-state index in [1.807, 2.05) is 56.3 Å². The number of aryl methyl sites for hydroxylation is 1. The van der Waals surface area contributed by atoms with Crippen molar-refractivity contribution in [2.24, 2.45) is 0 Å². The normalized spacial score (nSPS) is 11.4. The molecule has 0 saturated carbocycles. The molecule has 2 rings (SSSR count). The first kappa shape index (κ1) is 16.5. The third kappa shape index (κ3) is 5.14. The van der Waals surface area contributed by atoms with Crippen LogP contribution in [0.25, 0.3) is 0 Å². The molecule has 0 heterocycles. The van der Waals surface area contributed by atoms with E-state index >= 15 is 0 Å². The number of carbonyl (C=O) groups is 2. The molecule has 0 radical (unpaired) electrons. The van der Waals surface area contributed by atoms with Gasteiger partial charge < -0.3 is 16.0 Å². The molecule has 3 amide bonds. The molecule has 2 aromatic carbocycles. The van der Waals surface area contributed by atoms with Gasteiger partial charge in [0.05, 0.1) is 12.6 Å². The van der Waals surface area contributed by atoms with Gasteiger partial charge in [-0.2, -0.15) is 0 Å². The number of amides is 3. The summed E-state index contributed by atoms with van der Waals surface area (Å²) in [5.74, 6) is -0.232. The molecule has 0 aliphatic carbocycles. The van der Waals surface area contributed by atoms with Gasteiger partial charge in [0.15, 0.2) is 0 Å². The Bertz CT molecular complexity index is 671. The van der Waals surface area contributed by atoms with Crippen molar-refractivity contribution in [3.05, 3.63) is 65.7 Å². The van der Waals surface area contributed by atoms with Crippen molar-refractivity contribution < 1.29 is 9.59 Å². The maximum atomic E-state index is 11.9.